The summed E-state index contributed by atoms with van der Waals surface area (Å²) in [4.78, 5) is 6.54. The minimum absolute atomic E-state index is 0.256. The van der Waals surface area contributed by atoms with Crippen LogP contribution in [0.4, 0.5) is 5.69 Å². The van der Waals surface area contributed by atoms with E-state index in [1.165, 1.54) is 4.31 Å². The van der Waals surface area contributed by atoms with Crippen molar-refractivity contribution >= 4 is 15.7 Å². The third-order valence-electron chi connectivity index (χ3n) is 5.71. The average molecular weight is 488 g/mol. The molecule has 1 unspecified atom stereocenters. The van der Waals surface area contributed by atoms with Crippen LogP contribution >= 0.6 is 0 Å². The lowest BCUT2D eigenvalue weighted by atomic mass is 10.2. The summed E-state index contributed by atoms with van der Waals surface area (Å²) in [5.74, 6) is 1.67. The van der Waals surface area contributed by atoms with Crippen molar-refractivity contribution < 1.29 is 22.8 Å². The van der Waals surface area contributed by atoms with Crippen LogP contribution in [-0.4, -0.2) is 85.4 Å². The number of sulfonamides is 1. The standard InChI is InChI=1S/C23H29N5O5S/c1-17-25-23(26-33-17)18-3-5-19(6-4-18)24-15-20(29)16-27-11-13-28(14-12-27)34(30,31)22-9-7-21(32-2)8-10-22/h3-10,20,24,29H,11-16H2,1-2H3. The van der Waals surface area contributed by atoms with Crippen LogP contribution in [0.5, 0.6) is 5.75 Å². The molecule has 1 fully saturated rings. The average Bonchev–Trinajstić information content (AvgIpc) is 3.29. The number of anilines is 1. The number of hydrogen-bond donors (Lipinski definition) is 2. The number of aromatic nitrogens is 2. The minimum atomic E-state index is -3.55. The molecule has 1 aliphatic heterocycles. The van der Waals surface area contributed by atoms with Crippen LogP contribution < -0.4 is 10.1 Å². The van der Waals surface area contributed by atoms with Gasteiger partial charge in [0.15, 0.2) is 0 Å². The number of aryl methyl sites for hydroxylation is 1. The first-order valence-electron chi connectivity index (χ1n) is 11.0. The van der Waals surface area contributed by atoms with E-state index in [1.54, 1.807) is 38.3 Å². The highest BCUT2D eigenvalue weighted by Gasteiger charge is 2.29. The van der Waals surface area contributed by atoms with Gasteiger partial charge in [0.1, 0.15) is 5.75 Å². The highest BCUT2D eigenvalue weighted by Crippen LogP contribution is 2.21. The molecule has 0 spiro atoms. The summed E-state index contributed by atoms with van der Waals surface area (Å²) in [6.07, 6.45) is -0.593. The van der Waals surface area contributed by atoms with E-state index in [2.05, 4.69) is 20.4 Å². The molecule has 2 heterocycles. The van der Waals surface area contributed by atoms with E-state index in [0.29, 0.717) is 56.7 Å². The van der Waals surface area contributed by atoms with Gasteiger partial charge in [-0.1, -0.05) is 5.16 Å². The fraction of sp³-hybridized carbons (Fsp3) is 0.391. The lowest BCUT2D eigenvalue weighted by Gasteiger charge is -2.35. The van der Waals surface area contributed by atoms with Gasteiger partial charge < -0.3 is 19.7 Å². The van der Waals surface area contributed by atoms with Gasteiger partial charge >= 0.3 is 0 Å². The van der Waals surface area contributed by atoms with Crippen molar-refractivity contribution in [2.45, 2.75) is 17.9 Å². The molecule has 0 amide bonds. The van der Waals surface area contributed by atoms with E-state index in [0.717, 1.165) is 11.3 Å². The topological polar surface area (TPSA) is 121 Å². The van der Waals surface area contributed by atoms with Gasteiger partial charge in [0.25, 0.3) is 0 Å². The normalized spacial score (nSPS) is 16.3. The number of aliphatic hydroxyl groups excluding tert-OH is 1. The lowest BCUT2D eigenvalue weighted by Crippen LogP contribution is -2.50. The fourth-order valence-electron chi connectivity index (χ4n) is 3.80. The third-order valence-corrected chi connectivity index (χ3v) is 7.62. The Labute approximate surface area is 199 Å². The molecule has 182 valence electrons. The Morgan fingerprint density at radius 1 is 1.09 bits per heavy atom. The van der Waals surface area contributed by atoms with E-state index in [9.17, 15) is 13.5 Å². The number of benzene rings is 2. The van der Waals surface area contributed by atoms with Crippen molar-refractivity contribution in [2.24, 2.45) is 0 Å². The molecule has 4 rings (SSSR count). The first-order chi connectivity index (χ1) is 16.3. The highest BCUT2D eigenvalue weighted by molar-refractivity contribution is 7.89. The molecule has 34 heavy (non-hydrogen) atoms. The Kier molecular flexibility index (Phi) is 7.47. The van der Waals surface area contributed by atoms with Crippen molar-refractivity contribution in [3.8, 4) is 17.1 Å². The Morgan fingerprint density at radius 3 is 2.35 bits per heavy atom. The predicted octanol–water partition coefficient (Wildman–Crippen LogP) is 1.83. The molecule has 1 saturated heterocycles. The molecule has 1 aliphatic rings. The molecule has 0 aliphatic carbocycles. The second-order valence-electron chi connectivity index (χ2n) is 8.13. The Bertz CT molecular complexity index is 1170. The highest BCUT2D eigenvalue weighted by atomic mass is 32.2. The van der Waals surface area contributed by atoms with Gasteiger partial charge in [-0.3, -0.25) is 4.90 Å². The molecular formula is C23H29N5O5S. The van der Waals surface area contributed by atoms with Crippen molar-refractivity contribution in [1.29, 1.82) is 0 Å². The van der Waals surface area contributed by atoms with Crippen LogP contribution in [0.25, 0.3) is 11.4 Å². The maximum atomic E-state index is 12.9. The molecular weight excluding hydrogens is 458 g/mol. The molecule has 1 aromatic heterocycles. The number of piperazine rings is 1. The summed E-state index contributed by atoms with van der Waals surface area (Å²) in [6.45, 7) is 4.47. The van der Waals surface area contributed by atoms with Crippen molar-refractivity contribution in [3.05, 3.63) is 54.4 Å². The molecule has 0 bridgehead atoms. The second kappa shape index (κ2) is 10.5. The maximum absolute atomic E-state index is 12.9. The zero-order chi connectivity index (χ0) is 24.1. The summed E-state index contributed by atoms with van der Waals surface area (Å²) in [7, 11) is -2.00. The van der Waals surface area contributed by atoms with Gasteiger partial charge in [-0.25, -0.2) is 8.42 Å². The number of hydrogen-bond acceptors (Lipinski definition) is 9. The zero-order valence-corrected chi connectivity index (χ0v) is 20.0. The number of aliphatic hydroxyl groups is 1. The quantitative estimate of drug-likeness (QED) is 0.466. The minimum Gasteiger partial charge on any atom is -0.497 e. The molecule has 2 aromatic carbocycles. The van der Waals surface area contributed by atoms with E-state index in [-0.39, 0.29) is 4.90 Å². The molecule has 0 saturated carbocycles. The largest absolute Gasteiger partial charge is 0.497 e. The van der Waals surface area contributed by atoms with Gasteiger partial charge in [-0.2, -0.15) is 9.29 Å². The second-order valence-corrected chi connectivity index (χ2v) is 10.1. The Hall–Kier alpha value is -2.99. The summed E-state index contributed by atoms with van der Waals surface area (Å²) >= 11 is 0. The van der Waals surface area contributed by atoms with Gasteiger partial charge in [0.05, 0.1) is 18.1 Å². The molecule has 1 atom stereocenters. The number of nitrogens with one attached hydrogen (secondary N) is 1. The van der Waals surface area contributed by atoms with Crippen LogP contribution in [0, 0.1) is 6.92 Å². The number of rotatable bonds is 9. The molecule has 11 heteroatoms. The van der Waals surface area contributed by atoms with Crippen LogP contribution in [-0.2, 0) is 10.0 Å². The van der Waals surface area contributed by atoms with Crippen molar-refractivity contribution in [1.82, 2.24) is 19.3 Å². The zero-order valence-electron chi connectivity index (χ0n) is 19.2. The predicted molar refractivity (Wildman–Crippen MR) is 127 cm³/mol. The molecule has 2 N–H and O–H groups in total. The van der Waals surface area contributed by atoms with E-state index < -0.39 is 16.1 Å². The Morgan fingerprint density at radius 2 is 1.76 bits per heavy atom. The molecule has 10 nitrogen and oxygen atoms in total. The van der Waals surface area contributed by atoms with Crippen LogP contribution in [0.2, 0.25) is 0 Å². The fourth-order valence-corrected chi connectivity index (χ4v) is 5.22. The van der Waals surface area contributed by atoms with Gasteiger partial charge in [-0.05, 0) is 48.5 Å². The van der Waals surface area contributed by atoms with Gasteiger partial charge in [0, 0.05) is 57.4 Å². The van der Waals surface area contributed by atoms with Crippen LogP contribution in [0.15, 0.2) is 57.9 Å². The van der Waals surface area contributed by atoms with E-state index >= 15 is 0 Å². The molecule has 3 aromatic rings. The summed E-state index contributed by atoms with van der Waals surface area (Å²) in [6, 6.07) is 14.0. The lowest BCUT2D eigenvalue weighted by molar-refractivity contribution is 0.0994. The first kappa shape index (κ1) is 24.1. The summed E-state index contributed by atoms with van der Waals surface area (Å²) < 4.78 is 37.4. The van der Waals surface area contributed by atoms with Crippen molar-refractivity contribution in [2.75, 3.05) is 51.7 Å². The third kappa shape index (κ3) is 5.73. The van der Waals surface area contributed by atoms with E-state index in [1.807, 2.05) is 24.3 Å². The monoisotopic (exact) mass is 487 g/mol. The van der Waals surface area contributed by atoms with Gasteiger partial charge in [-0.15, -0.1) is 0 Å². The molecule has 0 radical (unpaired) electrons. The first-order valence-corrected chi connectivity index (χ1v) is 12.5. The van der Waals surface area contributed by atoms with Crippen LogP contribution in [0.1, 0.15) is 5.89 Å². The van der Waals surface area contributed by atoms with Crippen molar-refractivity contribution in [3.63, 3.8) is 0 Å². The van der Waals surface area contributed by atoms with Crippen LogP contribution in [0.3, 0.4) is 0 Å². The SMILES string of the molecule is COc1ccc(S(=O)(=O)N2CCN(CC(O)CNc3ccc(-c4noc(C)n4)cc3)CC2)cc1. The summed E-state index contributed by atoms with van der Waals surface area (Å²) in [5, 5.41) is 17.6. The van der Waals surface area contributed by atoms with E-state index in [4.69, 9.17) is 9.26 Å². The number of methoxy groups -OCH3 is 1. The number of nitrogens with zero attached hydrogens (tertiary/aromatic N) is 4. The maximum Gasteiger partial charge on any atom is 0.243 e. The summed E-state index contributed by atoms with van der Waals surface area (Å²) in [5.41, 5.74) is 1.73. The van der Waals surface area contributed by atoms with Gasteiger partial charge in [0.2, 0.25) is 21.7 Å². The Balaban J connectivity index is 1.23. The number of β-amino-alcohol motifs (C(OH)–C–C–N with tert-alkyl or cyclic N) is 1. The number of ether oxygens (including phenoxy) is 1. The smallest absolute Gasteiger partial charge is 0.243 e.